The van der Waals surface area contributed by atoms with Gasteiger partial charge in [0.2, 0.25) is 10.0 Å². The number of nitrogens with zero attached hydrogens (tertiary/aromatic N) is 3. The molecule has 52 heavy (non-hydrogen) atoms. The average molecular weight is 753 g/mol. The Morgan fingerprint density at radius 2 is 1.38 bits per heavy atom. The molecule has 0 spiro atoms. The number of phenols is 1. The summed E-state index contributed by atoms with van der Waals surface area (Å²) >= 11 is 0. The zero-order valence-electron chi connectivity index (χ0n) is 27.9. The number of aliphatic hydroxyl groups excluding tert-OH is 2. The zero-order chi connectivity index (χ0) is 37.5. The van der Waals surface area contributed by atoms with Crippen LogP contribution in [-0.4, -0.2) is 81.5 Å². The van der Waals surface area contributed by atoms with Crippen LogP contribution in [0.25, 0.3) is 10.8 Å². The molecule has 0 aliphatic rings. The van der Waals surface area contributed by atoms with Gasteiger partial charge in [-0.05, 0) is 66.0 Å². The minimum Gasteiger partial charge on any atom is -0.505 e. The van der Waals surface area contributed by atoms with Crippen LogP contribution in [0.1, 0.15) is 0 Å². The number of sulfonamides is 1. The molecule has 274 valence electrons. The number of aliphatic hydroxyl groups is 2. The molecule has 0 saturated heterocycles. The lowest BCUT2D eigenvalue weighted by Crippen LogP contribution is -2.35. The van der Waals surface area contributed by atoms with Crippen molar-refractivity contribution in [2.75, 3.05) is 56.7 Å². The first-order valence-electron chi connectivity index (χ1n) is 15.5. The first-order valence-corrected chi connectivity index (χ1v) is 18.4. The molecule has 0 bridgehead atoms. The first-order chi connectivity index (χ1) is 24.9. The monoisotopic (exact) mass is 752 g/mol. The SMILES string of the molecule is COc1cc(NNc2ccc(S(=O)(=O)N(CCO)CCO)cc2)c(OC)cc1N=Nc1c(S(=O)(=O)O)cc2cc(Nc3ccccc3)ccc2c1O. The fraction of sp³-hybridized carbons (Fsp3) is 0.176. The van der Waals surface area contributed by atoms with E-state index < -0.39 is 49.7 Å². The molecule has 0 atom stereocenters. The largest absolute Gasteiger partial charge is 0.505 e. The van der Waals surface area contributed by atoms with E-state index in [1.807, 2.05) is 30.3 Å². The van der Waals surface area contributed by atoms with E-state index in [1.165, 1.54) is 56.7 Å². The molecule has 16 nitrogen and oxygen atoms in total. The summed E-state index contributed by atoms with van der Waals surface area (Å²) in [4.78, 5) is -0.701. The summed E-state index contributed by atoms with van der Waals surface area (Å²) in [6.45, 7) is -1.14. The Bertz CT molecular complexity index is 2280. The van der Waals surface area contributed by atoms with Crippen LogP contribution in [0.15, 0.2) is 111 Å². The standard InChI is InChI=1S/C34H36N6O10S2/c1-49-30-21-29(31(50-2)20-28(30)37-36-24-8-11-26(12-9-24)51(44,45)40(14-16-41)15-17-42)38-39-33-32(52(46,47)48)19-22-18-25(10-13-27(22)34(33)43)35-23-6-4-3-5-7-23/h3-13,18-21,35-37,41-43H,14-17H2,1-2H3,(H,46,47,48). The van der Waals surface area contributed by atoms with Crippen molar-refractivity contribution in [1.29, 1.82) is 0 Å². The van der Waals surface area contributed by atoms with Crippen LogP contribution in [0.2, 0.25) is 0 Å². The lowest BCUT2D eigenvalue weighted by Gasteiger charge is -2.20. The number of hydrogen-bond acceptors (Lipinski definition) is 14. The van der Waals surface area contributed by atoms with E-state index in [9.17, 15) is 36.7 Å². The second-order valence-electron chi connectivity index (χ2n) is 11.0. The number of benzene rings is 5. The number of rotatable bonds is 16. The topological polar surface area (TPSA) is 232 Å². The zero-order valence-corrected chi connectivity index (χ0v) is 29.5. The molecule has 7 N–H and O–H groups in total. The molecule has 0 aromatic heterocycles. The predicted octanol–water partition coefficient (Wildman–Crippen LogP) is 5.38. The molecule has 0 aliphatic heterocycles. The molecule has 0 amide bonds. The molecule has 0 heterocycles. The van der Waals surface area contributed by atoms with Crippen LogP contribution in [0.5, 0.6) is 17.2 Å². The third-order valence-electron chi connectivity index (χ3n) is 7.68. The second-order valence-corrected chi connectivity index (χ2v) is 14.4. The summed E-state index contributed by atoms with van der Waals surface area (Å²) in [5.41, 5.74) is 7.68. The molecule has 18 heteroatoms. The number of hydrazine groups is 1. The maximum atomic E-state index is 12.9. The van der Waals surface area contributed by atoms with Gasteiger partial charge in [-0.1, -0.05) is 18.2 Å². The Morgan fingerprint density at radius 3 is 2.00 bits per heavy atom. The lowest BCUT2D eigenvalue weighted by molar-refractivity contribution is 0.217. The fourth-order valence-corrected chi connectivity index (χ4v) is 7.23. The maximum Gasteiger partial charge on any atom is 0.296 e. The second kappa shape index (κ2) is 16.2. The van der Waals surface area contributed by atoms with Gasteiger partial charge in [-0.15, -0.1) is 10.2 Å². The van der Waals surface area contributed by atoms with Crippen LogP contribution in [0.3, 0.4) is 0 Å². The van der Waals surface area contributed by atoms with Crippen LogP contribution >= 0.6 is 0 Å². The molecule has 5 rings (SSSR count). The van der Waals surface area contributed by atoms with E-state index in [0.717, 1.165) is 9.99 Å². The molecule has 0 radical (unpaired) electrons. The maximum absolute atomic E-state index is 12.9. The molecule has 0 fully saturated rings. The van der Waals surface area contributed by atoms with E-state index >= 15 is 0 Å². The van der Waals surface area contributed by atoms with Gasteiger partial charge in [-0.25, -0.2) is 8.42 Å². The number of hydrogen-bond donors (Lipinski definition) is 7. The Balaban J connectivity index is 1.41. The van der Waals surface area contributed by atoms with Gasteiger partial charge in [-0.2, -0.15) is 12.7 Å². The van der Waals surface area contributed by atoms with Crippen molar-refractivity contribution in [2.24, 2.45) is 10.2 Å². The van der Waals surface area contributed by atoms with E-state index in [1.54, 1.807) is 18.2 Å². The highest BCUT2D eigenvalue weighted by atomic mass is 32.2. The van der Waals surface area contributed by atoms with Gasteiger partial charge in [0.05, 0.1) is 43.7 Å². The van der Waals surface area contributed by atoms with Gasteiger partial charge in [0.25, 0.3) is 10.1 Å². The minimum absolute atomic E-state index is 0.0339. The number of anilines is 4. The van der Waals surface area contributed by atoms with E-state index in [-0.39, 0.29) is 40.6 Å². The third kappa shape index (κ3) is 8.51. The van der Waals surface area contributed by atoms with Crippen LogP contribution in [-0.2, 0) is 20.1 Å². The molecule has 5 aromatic rings. The number of aromatic hydroxyl groups is 1. The fourth-order valence-electron chi connectivity index (χ4n) is 5.15. The Kier molecular flexibility index (Phi) is 11.8. The summed E-state index contributed by atoms with van der Waals surface area (Å²) in [6.07, 6.45) is 0. The molecule has 5 aromatic carbocycles. The molecule has 0 unspecified atom stereocenters. The third-order valence-corrected chi connectivity index (χ3v) is 10.5. The molecule has 0 aliphatic carbocycles. The number of phenolic OH excluding ortho intramolecular Hbond substituents is 1. The Morgan fingerprint density at radius 1 is 0.731 bits per heavy atom. The Hall–Kier alpha value is -5.50. The number of methoxy groups -OCH3 is 2. The summed E-state index contributed by atoms with van der Waals surface area (Å²) in [7, 11) is -6.07. The number of ether oxygens (including phenoxy) is 2. The van der Waals surface area contributed by atoms with E-state index in [2.05, 4.69) is 26.4 Å². The van der Waals surface area contributed by atoms with E-state index in [0.29, 0.717) is 22.4 Å². The summed E-state index contributed by atoms with van der Waals surface area (Å²) in [5.74, 6) is -0.128. The smallest absolute Gasteiger partial charge is 0.296 e. The highest BCUT2D eigenvalue weighted by Crippen LogP contribution is 2.44. The van der Waals surface area contributed by atoms with Crippen molar-refractivity contribution in [3.8, 4) is 17.2 Å². The van der Waals surface area contributed by atoms with Crippen molar-refractivity contribution in [2.45, 2.75) is 9.79 Å². The number of azo groups is 1. The van der Waals surface area contributed by atoms with E-state index in [4.69, 9.17) is 9.47 Å². The van der Waals surface area contributed by atoms with Crippen molar-refractivity contribution < 1.29 is 46.2 Å². The van der Waals surface area contributed by atoms with Gasteiger partial charge in [0.1, 0.15) is 27.8 Å². The normalized spacial score (nSPS) is 12.0. The molecule has 0 saturated carbocycles. The van der Waals surface area contributed by atoms with Crippen LogP contribution in [0, 0.1) is 0 Å². The van der Waals surface area contributed by atoms with Crippen LogP contribution < -0.4 is 25.6 Å². The van der Waals surface area contributed by atoms with Crippen molar-refractivity contribution in [1.82, 2.24) is 4.31 Å². The predicted molar refractivity (Wildman–Crippen MR) is 195 cm³/mol. The number of nitrogens with one attached hydrogen (secondary N) is 3. The summed E-state index contributed by atoms with van der Waals surface area (Å²) in [5, 5.41) is 41.5. The van der Waals surface area contributed by atoms with Crippen molar-refractivity contribution >= 4 is 65.0 Å². The average Bonchev–Trinajstić information content (AvgIpc) is 3.13. The van der Waals surface area contributed by atoms with Crippen molar-refractivity contribution in [3.63, 3.8) is 0 Å². The van der Waals surface area contributed by atoms with Gasteiger partial charge in [0, 0.05) is 42.0 Å². The van der Waals surface area contributed by atoms with Gasteiger partial charge in [-0.3, -0.25) is 9.98 Å². The summed E-state index contributed by atoms with van der Waals surface area (Å²) < 4.78 is 72.8. The molecular formula is C34H36N6O10S2. The molecular weight excluding hydrogens is 717 g/mol. The highest BCUT2D eigenvalue weighted by molar-refractivity contribution is 7.89. The summed E-state index contributed by atoms with van der Waals surface area (Å²) in [6, 6.07) is 24.0. The number of para-hydroxylation sites is 1. The minimum atomic E-state index is -4.88. The van der Waals surface area contributed by atoms with Crippen molar-refractivity contribution in [3.05, 3.63) is 91.0 Å². The van der Waals surface area contributed by atoms with Gasteiger partial charge in [0.15, 0.2) is 5.75 Å². The van der Waals surface area contributed by atoms with Gasteiger partial charge < -0.3 is 35.5 Å². The first kappa shape index (κ1) is 37.7. The van der Waals surface area contributed by atoms with Crippen LogP contribution in [0.4, 0.5) is 34.1 Å². The van der Waals surface area contributed by atoms with Gasteiger partial charge >= 0.3 is 0 Å². The number of fused-ring (bicyclic) bond motifs is 1. The Labute approximate surface area is 299 Å². The lowest BCUT2D eigenvalue weighted by atomic mass is 10.1. The highest BCUT2D eigenvalue weighted by Gasteiger charge is 2.24. The quantitative estimate of drug-likeness (QED) is 0.0382.